The van der Waals surface area contributed by atoms with Gasteiger partial charge in [0.2, 0.25) is 0 Å². The zero-order chi connectivity index (χ0) is 12.4. The van der Waals surface area contributed by atoms with Gasteiger partial charge in [-0.05, 0) is 29.8 Å². The Kier molecular flexibility index (Phi) is 2.91. The highest BCUT2D eigenvalue weighted by atomic mass is 15.1. The number of hydrogen-bond acceptors (Lipinski definition) is 3. The molecule has 0 amide bonds. The van der Waals surface area contributed by atoms with Crippen molar-refractivity contribution >= 4 is 17.1 Å². The maximum atomic E-state index is 6.07. The molecule has 0 spiro atoms. The van der Waals surface area contributed by atoms with Gasteiger partial charge in [-0.3, -0.25) is 0 Å². The molecule has 0 aliphatic heterocycles. The topological polar surface area (TPSA) is 55.3 Å². The third kappa shape index (κ3) is 2.18. The fraction of sp³-hybridized carbons (Fsp3) is 0.143. The number of benzene rings is 2. The Bertz CT molecular complexity index is 533. The molecule has 0 unspecified atom stereocenters. The van der Waals surface area contributed by atoms with Crippen LogP contribution in [0.5, 0.6) is 0 Å². The Morgan fingerprint density at radius 2 is 1.65 bits per heavy atom. The number of anilines is 3. The number of hydrogen-bond donors (Lipinski definition) is 2. The molecule has 2 aromatic rings. The standard InChI is InChI=1S/C14H17N3/c1-17(2)13-8-4-7-12(16)14(13)10-5-3-6-11(15)9-10/h3-9H,15-16H2,1-2H3. The van der Waals surface area contributed by atoms with Gasteiger partial charge in [-0.15, -0.1) is 0 Å². The van der Waals surface area contributed by atoms with E-state index in [-0.39, 0.29) is 0 Å². The Balaban J connectivity index is 2.65. The second kappa shape index (κ2) is 4.37. The summed E-state index contributed by atoms with van der Waals surface area (Å²) in [6, 6.07) is 13.7. The smallest absolute Gasteiger partial charge is 0.0461 e. The first-order valence-electron chi connectivity index (χ1n) is 5.51. The molecule has 2 rings (SSSR count). The van der Waals surface area contributed by atoms with E-state index < -0.39 is 0 Å². The number of rotatable bonds is 2. The number of nitrogens with zero attached hydrogens (tertiary/aromatic N) is 1. The summed E-state index contributed by atoms with van der Waals surface area (Å²) >= 11 is 0. The van der Waals surface area contributed by atoms with Gasteiger partial charge in [0.25, 0.3) is 0 Å². The van der Waals surface area contributed by atoms with Gasteiger partial charge in [0.1, 0.15) is 0 Å². The maximum Gasteiger partial charge on any atom is 0.0461 e. The quantitative estimate of drug-likeness (QED) is 0.775. The monoisotopic (exact) mass is 227 g/mol. The first kappa shape index (κ1) is 11.3. The maximum absolute atomic E-state index is 6.07. The minimum absolute atomic E-state index is 0.746. The van der Waals surface area contributed by atoms with Crippen molar-refractivity contribution < 1.29 is 0 Å². The van der Waals surface area contributed by atoms with E-state index in [9.17, 15) is 0 Å². The molecule has 3 nitrogen and oxygen atoms in total. The number of nitrogen functional groups attached to an aromatic ring is 2. The van der Waals surface area contributed by atoms with E-state index >= 15 is 0 Å². The summed E-state index contributed by atoms with van der Waals surface area (Å²) in [6.07, 6.45) is 0. The minimum Gasteiger partial charge on any atom is -0.399 e. The molecule has 0 aromatic heterocycles. The summed E-state index contributed by atoms with van der Waals surface area (Å²) in [5, 5.41) is 0. The normalized spacial score (nSPS) is 10.2. The van der Waals surface area contributed by atoms with Gasteiger partial charge in [-0.25, -0.2) is 0 Å². The van der Waals surface area contributed by atoms with Crippen LogP contribution in [0.2, 0.25) is 0 Å². The van der Waals surface area contributed by atoms with Crippen molar-refractivity contribution in [3.05, 3.63) is 42.5 Å². The highest BCUT2D eigenvalue weighted by Gasteiger charge is 2.10. The van der Waals surface area contributed by atoms with Crippen LogP contribution >= 0.6 is 0 Å². The van der Waals surface area contributed by atoms with Gasteiger partial charge >= 0.3 is 0 Å². The molecule has 0 bridgehead atoms. The van der Waals surface area contributed by atoms with Gasteiger partial charge in [0, 0.05) is 36.7 Å². The zero-order valence-corrected chi connectivity index (χ0v) is 10.1. The molecule has 0 heterocycles. The second-order valence-electron chi connectivity index (χ2n) is 4.26. The van der Waals surface area contributed by atoms with Crippen molar-refractivity contribution in [1.29, 1.82) is 0 Å². The molecular weight excluding hydrogens is 210 g/mol. The zero-order valence-electron chi connectivity index (χ0n) is 10.1. The van der Waals surface area contributed by atoms with Crippen LogP contribution < -0.4 is 16.4 Å². The van der Waals surface area contributed by atoms with Crippen molar-refractivity contribution in [2.45, 2.75) is 0 Å². The summed E-state index contributed by atoms with van der Waals surface area (Å²) in [7, 11) is 4.01. The van der Waals surface area contributed by atoms with Gasteiger partial charge in [0.15, 0.2) is 0 Å². The van der Waals surface area contributed by atoms with Crippen LogP contribution in [0.4, 0.5) is 17.1 Å². The molecule has 0 fully saturated rings. The molecule has 0 aliphatic rings. The van der Waals surface area contributed by atoms with E-state index in [1.807, 2.05) is 50.5 Å². The lowest BCUT2D eigenvalue weighted by atomic mass is 10.0. The van der Waals surface area contributed by atoms with Crippen molar-refractivity contribution in [2.24, 2.45) is 0 Å². The van der Waals surface area contributed by atoms with Gasteiger partial charge < -0.3 is 16.4 Å². The molecule has 0 saturated carbocycles. The van der Waals surface area contributed by atoms with Gasteiger partial charge in [-0.2, -0.15) is 0 Å². The molecule has 0 aliphatic carbocycles. The average Bonchev–Trinajstić information content (AvgIpc) is 2.28. The fourth-order valence-electron chi connectivity index (χ4n) is 1.94. The highest BCUT2D eigenvalue weighted by molar-refractivity contribution is 5.88. The van der Waals surface area contributed by atoms with Crippen molar-refractivity contribution in [2.75, 3.05) is 30.5 Å². The van der Waals surface area contributed by atoms with Crippen LogP contribution in [-0.2, 0) is 0 Å². The average molecular weight is 227 g/mol. The first-order valence-corrected chi connectivity index (χ1v) is 5.51. The molecule has 2 aromatic carbocycles. The lowest BCUT2D eigenvalue weighted by Gasteiger charge is -2.19. The summed E-state index contributed by atoms with van der Waals surface area (Å²) < 4.78 is 0. The van der Waals surface area contributed by atoms with E-state index in [1.165, 1.54) is 0 Å². The third-order valence-corrected chi connectivity index (χ3v) is 2.73. The predicted molar refractivity (Wildman–Crippen MR) is 75.0 cm³/mol. The first-order chi connectivity index (χ1) is 8.09. The predicted octanol–water partition coefficient (Wildman–Crippen LogP) is 2.58. The molecule has 88 valence electrons. The molecule has 4 N–H and O–H groups in total. The van der Waals surface area contributed by atoms with Crippen LogP contribution in [0, 0.1) is 0 Å². The lowest BCUT2D eigenvalue weighted by molar-refractivity contribution is 1.13. The SMILES string of the molecule is CN(C)c1cccc(N)c1-c1cccc(N)c1. The van der Waals surface area contributed by atoms with E-state index in [0.29, 0.717) is 0 Å². The number of nitrogens with two attached hydrogens (primary N) is 2. The summed E-state index contributed by atoms with van der Waals surface area (Å²) in [4.78, 5) is 2.05. The van der Waals surface area contributed by atoms with E-state index in [4.69, 9.17) is 11.5 Å². The van der Waals surface area contributed by atoms with E-state index in [0.717, 1.165) is 28.2 Å². The lowest BCUT2D eigenvalue weighted by Crippen LogP contribution is -2.11. The second-order valence-corrected chi connectivity index (χ2v) is 4.26. The van der Waals surface area contributed by atoms with Gasteiger partial charge in [0.05, 0.1) is 0 Å². The Morgan fingerprint density at radius 1 is 0.941 bits per heavy atom. The van der Waals surface area contributed by atoms with Crippen LogP contribution in [0.1, 0.15) is 0 Å². The van der Waals surface area contributed by atoms with Crippen molar-refractivity contribution in [1.82, 2.24) is 0 Å². The Morgan fingerprint density at radius 3 is 2.29 bits per heavy atom. The molecule has 3 heteroatoms. The molecule has 0 atom stereocenters. The van der Waals surface area contributed by atoms with E-state index in [2.05, 4.69) is 11.0 Å². The molecule has 0 saturated heterocycles. The van der Waals surface area contributed by atoms with Gasteiger partial charge in [-0.1, -0.05) is 18.2 Å². The summed E-state index contributed by atoms with van der Waals surface area (Å²) in [6.45, 7) is 0. The third-order valence-electron chi connectivity index (χ3n) is 2.73. The molecule has 0 radical (unpaired) electrons. The highest BCUT2D eigenvalue weighted by Crippen LogP contribution is 2.35. The Hall–Kier alpha value is -2.16. The van der Waals surface area contributed by atoms with Crippen molar-refractivity contribution in [3.8, 4) is 11.1 Å². The summed E-state index contributed by atoms with van der Waals surface area (Å²) in [5.41, 5.74) is 16.6. The van der Waals surface area contributed by atoms with Crippen LogP contribution in [0.3, 0.4) is 0 Å². The summed E-state index contributed by atoms with van der Waals surface area (Å²) in [5.74, 6) is 0. The van der Waals surface area contributed by atoms with Crippen LogP contribution in [0.15, 0.2) is 42.5 Å². The molecular formula is C14H17N3. The minimum atomic E-state index is 0.746. The van der Waals surface area contributed by atoms with Crippen LogP contribution in [0.25, 0.3) is 11.1 Å². The largest absolute Gasteiger partial charge is 0.399 e. The molecule has 17 heavy (non-hydrogen) atoms. The van der Waals surface area contributed by atoms with E-state index in [1.54, 1.807) is 0 Å². The fourth-order valence-corrected chi connectivity index (χ4v) is 1.94. The van der Waals surface area contributed by atoms with Crippen LogP contribution in [-0.4, -0.2) is 14.1 Å². The van der Waals surface area contributed by atoms with Crippen molar-refractivity contribution in [3.63, 3.8) is 0 Å². The Labute approximate surface area is 102 Å².